The van der Waals surface area contributed by atoms with Gasteiger partial charge in [-0.05, 0) is 42.0 Å². The zero-order chi connectivity index (χ0) is 19.0. The van der Waals surface area contributed by atoms with Gasteiger partial charge in [-0.15, -0.1) is 0 Å². The molecule has 140 valence electrons. The minimum atomic E-state index is -3.59. The monoisotopic (exact) mass is 384 g/mol. The Bertz CT molecular complexity index is 1100. The van der Waals surface area contributed by atoms with E-state index in [9.17, 15) is 13.2 Å². The number of amides is 1. The Hall–Kier alpha value is -2.64. The molecule has 0 atom stereocenters. The van der Waals surface area contributed by atoms with E-state index in [1.165, 1.54) is 4.31 Å². The molecular weight excluding hydrogens is 364 g/mol. The van der Waals surface area contributed by atoms with E-state index in [0.29, 0.717) is 24.6 Å². The Labute approximate surface area is 158 Å². The van der Waals surface area contributed by atoms with Crippen molar-refractivity contribution in [2.75, 3.05) is 26.2 Å². The van der Waals surface area contributed by atoms with E-state index in [1.54, 1.807) is 36.1 Å². The molecule has 2 heterocycles. The van der Waals surface area contributed by atoms with E-state index in [2.05, 4.69) is 0 Å². The van der Waals surface area contributed by atoms with Gasteiger partial charge in [0.05, 0.1) is 4.90 Å². The summed E-state index contributed by atoms with van der Waals surface area (Å²) in [5.74, 6) is 0.764. The van der Waals surface area contributed by atoms with Gasteiger partial charge >= 0.3 is 0 Å². The molecule has 0 unspecified atom stereocenters. The third-order valence-electron chi connectivity index (χ3n) is 4.84. The van der Waals surface area contributed by atoms with Crippen LogP contribution in [0.1, 0.15) is 16.3 Å². The van der Waals surface area contributed by atoms with Crippen LogP contribution in [0.2, 0.25) is 0 Å². The van der Waals surface area contributed by atoms with Gasteiger partial charge in [0, 0.05) is 26.2 Å². The maximum absolute atomic E-state index is 13.0. The number of piperazine rings is 1. The number of sulfonamides is 1. The van der Waals surface area contributed by atoms with Crippen LogP contribution in [-0.2, 0) is 10.0 Å². The van der Waals surface area contributed by atoms with Crippen molar-refractivity contribution in [3.05, 3.63) is 66.1 Å². The van der Waals surface area contributed by atoms with Gasteiger partial charge in [-0.3, -0.25) is 4.79 Å². The molecule has 7 heteroatoms. The second kappa shape index (κ2) is 6.83. The molecule has 2 aromatic carbocycles. The van der Waals surface area contributed by atoms with E-state index >= 15 is 0 Å². The maximum Gasteiger partial charge on any atom is 0.289 e. The summed E-state index contributed by atoms with van der Waals surface area (Å²) >= 11 is 0. The number of aryl methyl sites for hydroxylation is 1. The summed E-state index contributed by atoms with van der Waals surface area (Å²) in [7, 11) is -3.59. The van der Waals surface area contributed by atoms with Crippen molar-refractivity contribution in [1.29, 1.82) is 0 Å². The van der Waals surface area contributed by atoms with E-state index in [1.807, 2.05) is 30.3 Å². The summed E-state index contributed by atoms with van der Waals surface area (Å²) in [5.41, 5.74) is 0. The molecule has 0 spiro atoms. The fourth-order valence-corrected chi connectivity index (χ4v) is 4.77. The van der Waals surface area contributed by atoms with Crippen LogP contribution in [0.15, 0.2) is 63.9 Å². The van der Waals surface area contributed by atoms with Crippen molar-refractivity contribution in [3.8, 4) is 0 Å². The predicted molar refractivity (Wildman–Crippen MR) is 102 cm³/mol. The van der Waals surface area contributed by atoms with Crippen LogP contribution < -0.4 is 0 Å². The zero-order valence-electron chi connectivity index (χ0n) is 15.0. The van der Waals surface area contributed by atoms with E-state index in [-0.39, 0.29) is 23.9 Å². The minimum Gasteiger partial charge on any atom is -0.456 e. The third kappa shape index (κ3) is 3.36. The molecule has 0 radical (unpaired) electrons. The average Bonchev–Trinajstić information content (AvgIpc) is 3.13. The molecule has 3 aromatic rings. The molecule has 1 saturated heterocycles. The number of carbonyl (C=O) groups is 1. The molecule has 1 aliphatic heterocycles. The van der Waals surface area contributed by atoms with Gasteiger partial charge in [-0.2, -0.15) is 4.31 Å². The Morgan fingerprint density at radius 2 is 1.63 bits per heavy atom. The van der Waals surface area contributed by atoms with Crippen molar-refractivity contribution < 1.29 is 17.6 Å². The van der Waals surface area contributed by atoms with Crippen LogP contribution in [0, 0.1) is 6.92 Å². The quantitative estimate of drug-likeness (QED) is 0.696. The fraction of sp³-hybridized carbons (Fsp3) is 0.250. The predicted octanol–water partition coefficient (Wildman–Crippen LogP) is 2.89. The molecule has 0 bridgehead atoms. The van der Waals surface area contributed by atoms with Crippen LogP contribution in [0.4, 0.5) is 0 Å². The number of furan rings is 1. The second-order valence-corrected chi connectivity index (χ2v) is 8.55. The van der Waals surface area contributed by atoms with Crippen LogP contribution in [0.3, 0.4) is 0 Å². The normalized spacial score (nSPS) is 16.0. The Kier molecular flexibility index (Phi) is 4.49. The third-order valence-corrected chi connectivity index (χ3v) is 6.73. The summed E-state index contributed by atoms with van der Waals surface area (Å²) in [5, 5.41) is 1.89. The number of rotatable bonds is 3. The van der Waals surface area contributed by atoms with Crippen molar-refractivity contribution in [2.45, 2.75) is 11.8 Å². The molecule has 1 aliphatic rings. The number of carbonyl (C=O) groups excluding carboxylic acids is 1. The van der Waals surface area contributed by atoms with Crippen molar-refractivity contribution >= 4 is 26.7 Å². The van der Waals surface area contributed by atoms with E-state index in [0.717, 1.165) is 10.8 Å². The molecule has 1 aromatic heterocycles. The first-order chi connectivity index (χ1) is 12.9. The van der Waals surface area contributed by atoms with Crippen LogP contribution in [-0.4, -0.2) is 49.7 Å². The summed E-state index contributed by atoms with van der Waals surface area (Å²) in [6.45, 7) is 2.99. The highest BCUT2D eigenvalue weighted by atomic mass is 32.2. The van der Waals surface area contributed by atoms with Gasteiger partial charge < -0.3 is 9.32 Å². The van der Waals surface area contributed by atoms with Gasteiger partial charge in [0.15, 0.2) is 5.76 Å². The summed E-state index contributed by atoms with van der Waals surface area (Å²) in [6.07, 6.45) is 0. The summed E-state index contributed by atoms with van der Waals surface area (Å²) < 4.78 is 32.8. The van der Waals surface area contributed by atoms with Gasteiger partial charge in [0.2, 0.25) is 10.0 Å². The van der Waals surface area contributed by atoms with Crippen LogP contribution in [0.25, 0.3) is 10.8 Å². The van der Waals surface area contributed by atoms with Crippen molar-refractivity contribution in [3.63, 3.8) is 0 Å². The molecule has 27 heavy (non-hydrogen) atoms. The highest BCUT2D eigenvalue weighted by Gasteiger charge is 2.31. The molecule has 1 fully saturated rings. The Balaban J connectivity index is 1.50. The molecular formula is C20H20N2O4S. The van der Waals surface area contributed by atoms with E-state index in [4.69, 9.17) is 4.42 Å². The lowest BCUT2D eigenvalue weighted by Gasteiger charge is -2.33. The van der Waals surface area contributed by atoms with Gasteiger partial charge in [-0.25, -0.2) is 8.42 Å². The lowest BCUT2D eigenvalue weighted by molar-refractivity contribution is 0.0664. The van der Waals surface area contributed by atoms with Crippen LogP contribution >= 0.6 is 0 Å². The summed E-state index contributed by atoms with van der Waals surface area (Å²) in [6, 6.07) is 16.2. The SMILES string of the molecule is Cc1ccc(C(=O)N2CCN(S(=O)(=O)c3ccc4ccccc4c3)CC2)o1. The first-order valence-corrected chi connectivity index (χ1v) is 10.2. The lowest BCUT2D eigenvalue weighted by Crippen LogP contribution is -2.50. The van der Waals surface area contributed by atoms with Gasteiger partial charge in [0.1, 0.15) is 5.76 Å². The first kappa shape index (κ1) is 17.8. The molecule has 1 amide bonds. The fourth-order valence-electron chi connectivity index (χ4n) is 3.31. The zero-order valence-corrected chi connectivity index (χ0v) is 15.8. The maximum atomic E-state index is 13.0. The summed E-state index contributed by atoms with van der Waals surface area (Å²) in [4.78, 5) is 14.4. The average molecular weight is 384 g/mol. The van der Waals surface area contributed by atoms with Gasteiger partial charge in [0.25, 0.3) is 5.91 Å². The Morgan fingerprint density at radius 3 is 2.30 bits per heavy atom. The van der Waals surface area contributed by atoms with Crippen LogP contribution in [0.5, 0.6) is 0 Å². The number of fused-ring (bicyclic) bond motifs is 1. The first-order valence-electron chi connectivity index (χ1n) is 8.80. The number of hydrogen-bond donors (Lipinski definition) is 0. The van der Waals surface area contributed by atoms with Gasteiger partial charge in [-0.1, -0.05) is 30.3 Å². The minimum absolute atomic E-state index is 0.203. The standard InChI is InChI=1S/C20H20N2O4S/c1-15-6-9-19(26-15)20(23)21-10-12-22(13-11-21)27(24,25)18-8-7-16-4-2-3-5-17(16)14-18/h2-9,14H,10-13H2,1H3. The largest absolute Gasteiger partial charge is 0.456 e. The molecule has 0 saturated carbocycles. The smallest absolute Gasteiger partial charge is 0.289 e. The van der Waals surface area contributed by atoms with Crippen molar-refractivity contribution in [2.24, 2.45) is 0 Å². The highest BCUT2D eigenvalue weighted by molar-refractivity contribution is 7.89. The molecule has 0 N–H and O–H groups in total. The lowest BCUT2D eigenvalue weighted by atomic mass is 10.1. The van der Waals surface area contributed by atoms with E-state index < -0.39 is 10.0 Å². The van der Waals surface area contributed by atoms with Crippen molar-refractivity contribution in [1.82, 2.24) is 9.21 Å². The molecule has 6 nitrogen and oxygen atoms in total. The Morgan fingerprint density at radius 1 is 0.926 bits per heavy atom. The number of nitrogens with zero attached hydrogens (tertiary/aromatic N) is 2. The number of hydrogen-bond acceptors (Lipinski definition) is 4. The number of benzene rings is 2. The highest BCUT2D eigenvalue weighted by Crippen LogP contribution is 2.23. The molecule has 4 rings (SSSR count). The second-order valence-electron chi connectivity index (χ2n) is 6.62. The molecule has 0 aliphatic carbocycles. The topological polar surface area (TPSA) is 70.8 Å².